The van der Waals surface area contributed by atoms with Gasteiger partial charge in [0.1, 0.15) is 0 Å². The van der Waals surface area contributed by atoms with Crippen molar-refractivity contribution in [3.05, 3.63) is 16.9 Å². The standard InChI is InChI=1S/C9H14ClN3/c1-13-6-7(8(10)12-13)2-3-9(11)4-5-9/h6H,2-5,11H2,1H3. The number of hydrogen-bond acceptors (Lipinski definition) is 2. The van der Waals surface area contributed by atoms with Gasteiger partial charge in [0.15, 0.2) is 5.15 Å². The fourth-order valence-electron chi connectivity index (χ4n) is 1.47. The maximum atomic E-state index is 5.98. The summed E-state index contributed by atoms with van der Waals surface area (Å²) in [7, 11) is 1.88. The first-order valence-electron chi connectivity index (χ1n) is 4.56. The molecule has 1 heterocycles. The highest BCUT2D eigenvalue weighted by Gasteiger charge is 2.37. The first-order chi connectivity index (χ1) is 6.09. The van der Waals surface area contributed by atoms with Crippen molar-refractivity contribution >= 4 is 11.6 Å². The fraction of sp³-hybridized carbons (Fsp3) is 0.667. The largest absolute Gasteiger partial charge is 0.325 e. The lowest BCUT2D eigenvalue weighted by atomic mass is 10.1. The maximum Gasteiger partial charge on any atom is 0.154 e. The lowest BCUT2D eigenvalue weighted by molar-refractivity contribution is 0.609. The van der Waals surface area contributed by atoms with Crippen LogP contribution in [0.1, 0.15) is 24.8 Å². The monoisotopic (exact) mass is 199 g/mol. The van der Waals surface area contributed by atoms with Crippen molar-refractivity contribution in [3.63, 3.8) is 0 Å². The summed E-state index contributed by atoms with van der Waals surface area (Å²) in [6, 6.07) is 0. The van der Waals surface area contributed by atoms with E-state index >= 15 is 0 Å². The molecule has 1 saturated carbocycles. The van der Waals surface area contributed by atoms with Crippen molar-refractivity contribution in [1.29, 1.82) is 0 Å². The van der Waals surface area contributed by atoms with E-state index in [0.29, 0.717) is 5.15 Å². The molecule has 0 aromatic carbocycles. The van der Waals surface area contributed by atoms with Gasteiger partial charge in [0, 0.05) is 24.3 Å². The summed E-state index contributed by atoms with van der Waals surface area (Å²) in [6.07, 6.45) is 6.26. The Morgan fingerprint density at radius 1 is 1.69 bits per heavy atom. The van der Waals surface area contributed by atoms with Crippen LogP contribution in [0, 0.1) is 0 Å². The molecule has 3 nitrogen and oxygen atoms in total. The highest BCUT2D eigenvalue weighted by atomic mass is 35.5. The molecule has 13 heavy (non-hydrogen) atoms. The zero-order valence-electron chi connectivity index (χ0n) is 7.76. The van der Waals surface area contributed by atoms with E-state index in [9.17, 15) is 0 Å². The van der Waals surface area contributed by atoms with E-state index in [1.165, 1.54) is 0 Å². The third kappa shape index (κ3) is 2.03. The lowest BCUT2D eigenvalue weighted by Crippen LogP contribution is -2.22. The van der Waals surface area contributed by atoms with Gasteiger partial charge < -0.3 is 5.73 Å². The lowest BCUT2D eigenvalue weighted by Gasteiger charge is -2.05. The van der Waals surface area contributed by atoms with Crippen molar-refractivity contribution in [1.82, 2.24) is 9.78 Å². The van der Waals surface area contributed by atoms with Gasteiger partial charge in [-0.15, -0.1) is 0 Å². The molecular formula is C9H14ClN3. The first kappa shape index (κ1) is 9.03. The van der Waals surface area contributed by atoms with Crippen molar-refractivity contribution < 1.29 is 0 Å². The fourth-order valence-corrected chi connectivity index (χ4v) is 1.73. The molecular weight excluding hydrogens is 186 g/mol. The Morgan fingerprint density at radius 3 is 2.85 bits per heavy atom. The number of nitrogens with two attached hydrogens (primary N) is 1. The molecule has 2 N–H and O–H groups in total. The number of aromatic nitrogens is 2. The van der Waals surface area contributed by atoms with Crippen LogP contribution >= 0.6 is 11.6 Å². The molecule has 2 rings (SSSR count). The quantitative estimate of drug-likeness (QED) is 0.802. The molecule has 0 radical (unpaired) electrons. The van der Waals surface area contributed by atoms with Crippen molar-refractivity contribution in [2.75, 3.05) is 0 Å². The minimum absolute atomic E-state index is 0.110. The van der Waals surface area contributed by atoms with Gasteiger partial charge in [-0.25, -0.2) is 0 Å². The van der Waals surface area contributed by atoms with Gasteiger partial charge >= 0.3 is 0 Å². The summed E-state index contributed by atoms with van der Waals surface area (Å²) >= 11 is 5.92. The number of halogens is 1. The van der Waals surface area contributed by atoms with E-state index in [0.717, 1.165) is 31.2 Å². The smallest absolute Gasteiger partial charge is 0.154 e. The molecule has 1 aromatic heterocycles. The highest BCUT2D eigenvalue weighted by molar-refractivity contribution is 6.30. The van der Waals surface area contributed by atoms with Crippen LogP contribution in [-0.4, -0.2) is 15.3 Å². The molecule has 0 saturated heterocycles. The Labute approximate surface area is 82.9 Å². The molecule has 1 fully saturated rings. The second-order valence-electron chi connectivity index (χ2n) is 3.98. The normalized spacial score (nSPS) is 19.0. The van der Waals surface area contributed by atoms with Gasteiger partial charge in [-0.1, -0.05) is 11.6 Å². The molecule has 0 spiro atoms. The minimum Gasteiger partial charge on any atom is -0.325 e. The van der Waals surface area contributed by atoms with E-state index in [4.69, 9.17) is 17.3 Å². The van der Waals surface area contributed by atoms with E-state index in [1.807, 2.05) is 13.2 Å². The zero-order chi connectivity index (χ0) is 9.47. The second kappa shape index (κ2) is 3.00. The Hall–Kier alpha value is -0.540. The topological polar surface area (TPSA) is 43.8 Å². The predicted octanol–water partition coefficient (Wildman–Crippen LogP) is 1.50. The zero-order valence-corrected chi connectivity index (χ0v) is 8.51. The van der Waals surface area contributed by atoms with E-state index in [2.05, 4.69) is 5.10 Å². The maximum absolute atomic E-state index is 5.98. The van der Waals surface area contributed by atoms with Crippen LogP contribution in [0.4, 0.5) is 0 Å². The summed E-state index contributed by atoms with van der Waals surface area (Å²) in [5, 5.41) is 4.69. The summed E-state index contributed by atoms with van der Waals surface area (Å²) in [5.74, 6) is 0. The van der Waals surface area contributed by atoms with E-state index < -0.39 is 0 Å². The van der Waals surface area contributed by atoms with E-state index in [-0.39, 0.29) is 5.54 Å². The Balaban J connectivity index is 1.97. The number of nitrogens with zero attached hydrogens (tertiary/aromatic N) is 2. The average Bonchev–Trinajstić information content (AvgIpc) is 2.69. The van der Waals surface area contributed by atoms with Crippen LogP contribution < -0.4 is 5.73 Å². The molecule has 0 unspecified atom stereocenters. The van der Waals surface area contributed by atoms with Gasteiger partial charge in [-0.3, -0.25) is 4.68 Å². The van der Waals surface area contributed by atoms with Crippen LogP contribution in [0.5, 0.6) is 0 Å². The van der Waals surface area contributed by atoms with Crippen LogP contribution in [0.25, 0.3) is 0 Å². The van der Waals surface area contributed by atoms with Crippen LogP contribution in [-0.2, 0) is 13.5 Å². The third-order valence-electron chi connectivity index (χ3n) is 2.64. The molecule has 1 aliphatic rings. The molecule has 72 valence electrons. The van der Waals surface area contributed by atoms with Crippen LogP contribution in [0.2, 0.25) is 5.15 Å². The van der Waals surface area contributed by atoms with Gasteiger partial charge in [-0.2, -0.15) is 5.10 Å². The van der Waals surface area contributed by atoms with Gasteiger partial charge in [0.2, 0.25) is 0 Å². The average molecular weight is 200 g/mol. The van der Waals surface area contributed by atoms with Gasteiger partial charge in [0.25, 0.3) is 0 Å². The van der Waals surface area contributed by atoms with Crippen molar-refractivity contribution in [3.8, 4) is 0 Å². The minimum atomic E-state index is 0.110. The van der Waals surface area contributed by atoms with Crippen LogP contribution in [0.15, 0.2) is 6.20 Å². The third-order valence-corrected chi connectivity index (χ3v) is 2.96. The Kier molecular flexibility index (Phi) is 2.08. The van der Waals surface area contributed by atoms with E-state index in [1.54, 1.807) is 4.68 Å². The molecule has 1 aliphatic carbocycles. The SMILES string of the molecule is Cn1cc(CCC2(N)CC2)c(Cl)n1. The molecule has 0 aliphatic heterocycles. The molecule has 0 amide bonds. The van der Waals surface area contributed by atoms with Crippen LogP contribution in [0.3, 0.4) is 0 Å². The molecule has 4 heteroatoms. The van der Waals surface area contributed by atoms with Crippen molar-refractivity contribution in [2.24, 2.45) is 12.8 Å². The summed E-state index contributed by atoms with van der Waals surface area (Å²) in [4.78, 5) is 0. The molecule has 0 atom stereocenters. The van der Waals surface area contributed by atoms with Gasteiger partial charge in [0.05, 0.1) is 0 Å². The predicted molar refractivity (Wildman–Crippen MR) is 52.7 cm³/mol. The molecule has 1 aromatic rings. The molecule has 0 bridgehead atoms. The summed E-state index contributed by atoms with van der Waals surface area (Å²) in [6.45, 7) is 0. The highest BCUT2D eigenvalue weighted by Crippen LogP contribution is 2.36. The Morgan fingerprint density at radius 2 is 2.38 bits per heavy atom. The first-order valence-corrected chi connectivity index (χ1v) is 4.94. The number of rotatable bonds is 3. The second-order valence-corrected chi connectivity index (χ2v) is 4.34. The summed E-state index contributed by atoms with van der Waals surface area (Å²) in [5.41, 5.74) is 7.20. The number of aryl methyl sites for hydroxylation is 2. The summed E-state index contributed by atoms with van der Waals surface area (Å²) < 4.78 is 1.74. The van der Waals surface area contributed by atoms with Crippen molar-refractivity contribution in [2.45, 2.75) is 31.2 Å². The number of hydrogen-bond donors (Lipinski definition) is 1. The Bertz CT molecular complexity index is 315. The van der Waals surface area contributed by atoms with Gasteiger partial charge in [-0.05, 0) is 25.7 Å².